The van der Waals surface area contributed by atoms with Crippen LogP contribution < -0.4 is 10.2 Å². The zero-order valence-electron chi connectivity index (χ0n) is 15.8. The van der Waals surface area contributed by atoms with Crippen LogP contribution in [-0.4, -0.2) is 42.6 Å². The van der Waals surface area contributed by atoms with E-state index in [1.54, 1.807) is 38.4 Å². The molecule has 1 saturated heterocycles. The summed E-state index contributed by atoms with van der Waals surface area (Å²) in [7, 11) is 3.32. The molecular formula is C20H19F2N3O3S. The first-order valence-electron chi connectivity index (χ1n) is 8.79. The van der Waals surface area contributed by atoms with Crippen molar-refractivity contribution in [3.63, 3.8) is 0 Å². The van der Waals surface area contributed by atoms with Gasteiger partial charge in [-0.15, -0.1) is 0 Å². The van der Waals surface area contributed by atoms with E-state index in [2.05, 4.69) is 5.32 Å². The fourth-order valence-electron chi connectivity index (χ4n) is 2.87. The molecule has 1 atom stereocenters. The van der Waals surface area contributed by atoms with Crippen LogP contribution in [0.15, 0.2) is 47.4 Å². The van der Waals surface area contributed by atoms with Crippen molar-refractivity contribution >= 4 is 40.2 Å². The molecule has 0 saturated carbocycles. The summed E-state index contributed by atoms with van der Waals surface area (Å²) in [5.41, 5.74) is 0.620. The average Bonchev–Trinajstić information content (AvgIpc) is 3.04. The number of halogens is 2. The monoisotopic (exact) mass is 419 g/mol. The SMILES string of the molecule is CN(C)C(=O)Sc1ccc(NC(=O)C2CC(=O)N(c3cc(F)cc(F)c3)C2)cc1. The van der Waals surface area contributed by atoms with Gasteiger partial charge in [-0.05, 0) is 48.2 Å². The molecule has 1 N–H and O–H groups in total. The van der Waals surface area contributed by atoms with Crippen molar-refractivity contribution in [2.45, 2.75) is 11.3 Å². The second-order valence-electron chi connectivity index (χ2n) is 6.81. The summed E-state index contributed by atoms with van der Waals surface area (Å²) in [4.78, 5) is 39.9. The van der Waals surface area contributed by atoms with Gasteiger partial charge >= 0.3 is 0 Å². The quantitative estimate of drug-likeness (QED) is 0.767. The van der Waals surface area contributed by atoms with E-state index in [0.29, 0.717) is 5.69 Å². The summed E-state index contributed by atoms with van der Waals surface area (Å²) >= 11 is 1.07. The van der Waals surface area contributed by atoms with E-state index in [1.165, 1.54) is 9.80 Å². The Hall–Kier alpha value is -2.94. The minimum absolute atomic E-state index is 0.0405. The third-order valence-electron chi connectivity index (χ3n) is 4.35. The van der Waals surface area contributed by atoms with Crippen molar-refractivity contribution < 1.29 is 23.2 Å². The maximum atomic E-state index is 13.4. The maximum absolute atomic E-state index is 13.4. The molecule has 1 aliphatic rings. The van der Waals surface area contributed by atoms with Crippen LogP contribution in [0.2, 0.25) is 0 Å². The Labute approximate surface area is 170 Å². The Balaban J connectivity index is 1.62. The van der Waals surface area contributed by atoms with E-state index in [9.17, 15) is 23.2 Å². The topological polar surface area (TPSA) is 69.7 Å². The summed E-state index contributed by atoms with van der Waals surface area (Å²) in [5.74, 6) is -2.94. The molecule has 3 amide bonds. The molecule has 0 spiro atoms. The number of anilines is 2. The Morgan fingerprint density at radius 3 is 2.31 bits per heavy atom. The lowest BCUT2D eigenvalue weighted by molar-refractivity contribution is -0.122. The number of hydrogen-bond donors (Lipinski definition) is 1. The highest BCUT2D eigenvalue weighted by Crippen LogP contribution is 2.28. The van der Waals surface area contributed by atoms with Crippen LogP contribution in [0.5, 0.6) is 0 Å². The highest BCUT2D eigenvalue weighted by molar-refractivity contribution is 8.13. The number of carbonyl (C=O) groups is 3. The summed E-state index contributed by atoms with van der Waals surface area (Å²) in [6.07, 6.45) is -0.0464. The van der Waals surface area contributed by atoms with Crippen molar-refractivity contribution in [3.05, 3.63) is 54.1 Å². The molecule has 29 heavy (non-hydrogen) atoms. The number of hydrogen-bond acceptors (Lipinski definition) is 4. The molecule has 152 valence electrons. The lowest BCUT2D eigenvalue weighted by atomic mass is 10.1. The molecule has 0 radical (unpaired) electrons. The lowest BCUT2D eigenvalue weighted by Gasteiger charge is -2.17. The van der Waals surface area contributed by atoms with Crippen LogP contribution in [0.25, 0.3) is 0 Å². The summed E-state index contributed by atoms with van der Waals surface area (Å²) in [5, 5.41) is 2.62. The van der Waals surface area contributed by atoms with Gasteiger partial charge in [-0.25, -0.2) is 8.78 Å². The predicted molar refractivity (Wildman–Crippen MR) is 107 cm³/mol. The zero-order valence-corrected chi connectivity index (χ0v) is 16.6. The van der Waals surface area contributed by atoms with Crippen LogP contribution in [0.4, 0.5) is 25.0 Å². The van der Waals surface area contributed by atoms with Gasteiger partial charge in [0, 0.05) is 49.4 Å². The molecule has 6 nitrogen and oxygen atoms in total. The average molecular weight is 419 g/mol. The minimum atomic E-state index is -0.786. The second-order valence-corrected chi connectivity index (χ2v) is 7.83. The van der Waals surface area contributed by atoms with E-state index < -0.39 is 17.6 Å². The van der Waals surface area contributed by atoms with Gasteiger partial charge in [0.1, 0.15) is 11.6 Å². The standard InChI is InChI=1S/C20H19F2N3O3S/c1-24(2)20(28)29-17-5-3-15(4-6-17)23-19(27)12-7-18(26)25(11-12)16-9-13(21)8-14(22)10-16/h3-6,8-10,12H,7,11H2,1-2H3,(H,23,27). The normalized spacial score (nSPS) is 16.1. The van der Waals surface area contributed by atoms with Crippen LogP contribution in [0, 0.1) is 17.6 Å². The van der Waals surface area contributed by atoms with Crippen LogP contribution in [-0.2, 0) is 9.59 Å². The zero-order chi connectivity index (χ0) is 21.1. The highest BCUT2D eigenvalue weighted by atomic mass is 32.2. The van der Waals surface area contributed by atoms with Gasteiger partial charge in [-0.3, -0.25) is 14.4 Å². The van der Waals surface area contributed by atoms with Gasteiger partial charge in [0.05, 0.1) is 5.92 Å². The predicted octanol–water partition coefficient (Wildman–Crippen LogP) is 3.73. The van der Waals surface area contributed by atoms with E-state index in [-0.39, 0.29) is 35.7 Å². The molecule has 0 aromatic heterocycles. The van der Waals surface area contributed by atoms with Crippen molar-refractivity contribution in [2.24, 2.45) is 5.92 Å². The molecule has 3 rings (SSSR count). The fourth-order valence-corrected chi connectivity index (χ4v) is 3.53. The van der Waals surface area contributed by atoms with Crippen molar-refractivity contribution in [2.75, 3.05) is 30.9 Å². The van der Waals surface area contributed by atoms with E-state index in [4.69, 9.17) is 0 Å². The summed E-state index contributed by atoms with van der Waals surface area (Å²) in [6.45, 7) is 0.0405. The Kier molecular flexibility index (Phi) is 6.17. The molecule has 0 bridgehead atoms. The van der Waals surface area contributed by atoms with Gasteiger partial charge in [-0.1, -0.05) is 0 Å². The Morgan fingerprint density at radius 2 is 1.72 bits per heavy atom. The number of thioether (sulfide) groups is 1. The third-order valence-corrected chi connectivity index (χ3v) is 5.39. The first kappa shape index (κ1) is 20.8. The highest BCUT2D eigenvalue weighted by Gasteiger charge is 2.35. The van der Waals surface area contributed by atoms with Gasteiger partial charge in [0.25, 0.3) is 5.24 Å². The first-order chi connectivity index (χ1) is 13.7. The molecule has 2 aromatic carbocycles. The first-order valence-corrected chi connectivity index (χ1v) is 9.61. The number of rotatable bonds is 4. The van der Waals surface area contributed by atoms with Crippen LogP contribution in [0.3, 0.4) is 0 Å². The van der Waals surface area contributed by atoms with Crippen LogP contribution in [0.1, 0.15) is 6.42 Å². The van der Waals surface area contributed by atoms with Gasteiger partial charge in [0.2, 0.25) is 11.8 Å². The Morgan fingerprint density at radius 1 is 1.10 bits per heavy atom. The van der Waals surface area contributed by atoms with Gasteiger partial charge in [0.15, 0.2) is 0 Å². The number of nitrogens with zero attached hydrogens (tertiary/aromatic N) is 2. The summed E-state index contributed by atoms with van der Waals surface area (Å²) < 4.78 is 26.8. The number of benzene rings is 2. The molecule has 9 heteroatoms. The molecular weight excluding hydrogens is 400 g/mol. The van der Waals surface area contributed by atoms with Gasteiger partial charge in [-0.2, -0.15) is 0 Å². The van der Waals surface area contributed by atoms with Crippen molar-refractivity contribution in [1.82, 2.24) is 4.90 Å². The van der Waals surface area contributed by atoms with E-state index in [0.717, 1.165) is 34.9 Å². The number of amides is 3. The molecule has 1 aliphatic heterocycles. The third kappa shape index (κ3) is 5.11. The lowest BCUT2D eigenvalue weighted by Crippen LogP contribution is -2.28. The molecule has 1 unspecified atom stereocenters. The number of carbonyl (C=O) groups excluding carboxylic acids is 3. The van der Waals surface area contributed by atoms with E-state index >= 15 is 0 Å². The molecule has 2 aromatic rings. The van der Waals surface area contributed by atoms with Crippen molar-refractivity contribution in [1.29, 1.82) is 0 Å². The van der Waals surface area contributed by atoms with Gasteiger partial charge < -0.3 is 15.1 Å². The minimum Gasteiger partial charge on any atom is -0.339 e. The second kappa shape index (κ2) is 8.60. The summed E-state index contributed by atoms with van der Waals surface area (Å²) in [6, 6.07) is 9.60. The molecule has 0 aliphatic carbocycles. The number of nitrogens with one attached hydrogen (secondary N) is 1. The molecule has 1 heterocycles. The molecule has 1 fully saturated rings. The largest absolute Gasteiger partial charge is 0.339 e. The maximum Gasteiger partial charge on any atom is 0.285 e. The van der Waals surface area contributed by atoms with E-state index in [1.807, 2.05) is 0 Å². The smallest absolute Gasteiger partial charge is 0.285 e. The van der Waals surface area contributed by atoms with Crippen molar-refractivity contribution in [3.8, 4) is 0 Å². The Bertz CT molecular complexity index is 930. The van der Waals surface area contributed by atoms with Crippen LogP contribution >= 0.6 is 11.8 Å². The fraction of sp³-hybridized carbons (Fsp3) is 0.250.